The van der Waals surface area contributed by atoms with Crippen molar-refractivity contribution in [2.45, 2.75) is 37.9 Å². The lowest BCUT2D eigenvalue weighted by atomic mass is 10.1. The Morgan fingerprint density at radius 2 is 2.30 bits per heavy atom. The van der Waals surface area contributed by atoms with Gasteiger partial charge in [0.05, 0.1) is 6.10 Å². The topological polar surface area (TPSA) is 99.6 Å². The zero-order valence-electron chi connectivity index (χ0n) is 12.4. The van der Waals surface area contributed by atoms with Gasteiger partial charge in [-0.2, -0.15) is 4.98 Å². The summed E-state index contributed by atoms with van der Waals surface area (Å²) in [5, 5.41) is 10.7. The molecule has 0 bridgehead atoms. The minimum absolute atomic E-state index is 0.132. The molecule has 0 aromatic carbocycles. The fourth-order valence-electron chi connectivity index (χ4n) is 2.57. The monoisotopic (exact) mass is 395 g/mol. The van der Waals surface area contributed by atoms with Gasteiger partial charge >= 0.3 is 5.69 Å². The number of aliphatic hydroxyl groups excluding tert-OH is 1. The fraction of sp³-hybridized carbons (Fsp3) is 0.667. The number of anilines is 1. The Balaban J connectivity index is 1.84. The Morgan fingerprint density at radius 1 is 1.61 bits per heavy atom. The summed E-state index contributed by atoms with van der Waals surface area (Å²) in [6.45, 7) is 1.95. The maximum Gasteiger partial charge on any atom is 0.351 e. The van der Waals surface area contributed by atoms with E-state index in [9.17, 15) is 9.90 Å². The van der Waals surface area contributed by atoms with E-state index in [-0.39, 0.29) is 11.9 Å². The first kappa shape index (κ1) is 17.7. The molecule has 0 spiro atoms. The Hall–Kier alpha value is -0.0900. The van der Waals surface area contributed by atoms with Gasteiger partial charge in [0.2, 0.25) is 0 Å². The van der Waals surface area contributed by atoms with Gasteiger partial charge in [-0.15, -0.1) is 0 Å². The van der Waals surface area contributed by atoms with Crippen molar-refractivity contribution in [2.24, 2.45) is 0 Å². The SMILES string of the molecule is CC[C@H]1O[C@@H](n2ccc(N)nc2=O)[C@H](O)[C@@H]1OP1(=S)SCCS1. The third kappa shape index (κ3) is 3.63. The highest BCUT2D eigenvalue weighted by Crippen LogP contribution is 2.75. The van der Waals surface area contributed by atoms with Crippen LogP contribution in [0.3, 0.4) is 0 Å². The van der Waals surface area contributed by atoms with Crippen molar-refractivity contribution < 1.29 is 14.4 Å². The van der Waals surface area contributed by atoms with Crippen molar-refractivity contribution in [2.75, 3.05) is 17.2 Å². The third-order valence-electron chi connectivity index (χ3n) is 3.67. The first-order valence-corrected chi connectivity index (χ1v) is 13.1. The zero-order chi connectivity index (χ0) is 16.6. The van der Waals surface area contributed by atoms with Gasteiger partial charge in [0.15, 0.2) is 10.9 Å². The molecule has 2 aliphatic heterocycles. The summed E-state index contributed by atoms with van der Waals surface area (Å²) < 4.78 is 11.2. The molecule has 0 amide bonds. The summed E-state index contributed by atoms with van der Waals surface area (Å²) in [7, 11) is 0. The molecule has 2 aliphatic rings. The normalized spacial score (nSPS) is 33.1. The molecule has 0 radical (unpaired) electrons. The van der Waals surface area contributed by atoms with Crippen LogP contribution in [0.15, 0.2) is 17.1 Å². The number of nitrogen functional groups attached to an aromatic ring is 1. The van der Waals surface area contributed by atoms with E-state index < -0.39 is 28.8 Å². The summed E-state index contributed by atoms with van der Waals surface area (Å²) in [4.78, 5) is 15.7. The number of aromatic nitrogens is 2. The zero-order valence-corrected chi connectivity index (χ0v) is 15.7. The molecular weight excluding hydrogens is 377 g/mol. The first-order chi connectivity index (χ1) is 10.9. The Labute approximate surface area is 146 Å². The quantitative estimate of drug-likeness (QED) is 0.736. The average molecular weight is 395 g/mol. The molecule has 23 heavy (non-hydrogen) atoms. The number of aliphatic hydroxyl groups is 1. The van der Waals surface area contributed by atoms with E-state index in [4.69, 9.17) is 26.8 Å². The minimum atomic E-state index is -2.04. The van der Waals surface area contributed by atoms with Crippen LogP contribution in [0.5, 0.6) is 0 Å². The van der Waals surface area contributed by atoms with Crippen molar-refractivity contribution in [1.82, 2.24) is 9.55 Å². The molecule has 1 aromatic rings. The maximum absolute atomic E-state index is 12.0. The van der Waals surface area contributed by atoms with Crippen LogP contribution in [0.4, 0.5) is 5.82 Å². The maximum atomic E-state index is 12.0. The minimum Gasteiger partial charge on any atom is -0.386 e. The molecule has 3 N–H and O–H groups in total. The van der Waals surface area contributed by atoms with Crippen LogP contribution in [0.1, 0.15) is 19.6 Å². The van der Waals surface area contributed by atoms with E-state index in [0.717, 1.165) is 11.5 Å². The van der Waals surface area contributed by atoms with Gasteiger partial charge in [-0.1, -0.05) is 29.7 Å². The van der Waals surface area contributed by atoms with E-state index in [0.29, 0.717) is 6.42 Å². The predicted octanol–water partition coefficient (Wildman–Crippen LogP) is 1.58. The van der Waals surface area contributed by atoms with Crippen LogP contribution in [0.2, 0.25) is 0 Å². The molecule has 11 heteroatoms. The van der Waals surface area contributed by atoms with Crippen LogP contribution >= 0.6 is 27.4 Å². The van der Waals surface area contributed by atoms with Gasteiger partial charge in [-0.05, 0) is 24.3 Å². The van der Waals surface area contributed by atoms with E-state index >= 15 is 0 Å². The second kappa shape index (κ2) is 7.03. The van der Waals surface area contributed by atoms with Crippen LogP contribution in [0, 0.1) is 0 Å². The lowest BCUT2D eigenvalue weighted by molar-refractivity contribution is -0.0403. The molecule has 2 fully saturated rings. The number of ether oxygens (including phenoxy) is 1. The molecule has 2 saturated heterocycles. The molecular formula is C12H18N3O4PS3. The van der Waals surface area contributed by atoms with Crippen LogP contribution in [-0.2, 0) is 21.1 Å². The summed E-state index contributed by atoms with van der Waals surface area (Å²) in [6, 6.07) is 1.50. The lowest BCUT2D eigenvalue weighted by Crippen LogP contribution is -2.36. The van der Waals surface area contributed by atoms with E-state index in [1.807, 2.05) is 6.92 Å². The summed E-state index contributed by atoms with van der Waals surface area (Å²) in [5.74, 6) is 2.06. The summed E-state index contributed by atoms with van der Waals surface area (Å²) in [5.41, 5.74) is 4.94. The largest absolute Gasteiger partial charge is 0.386 e. The molecule has 4 atom stereocenters. The molecule has 0 aliphatic carbocycles. The van der Waals surface area contributed by atoms with Crippen molar-refractivity contribution in [1.29, 1.82) is 0 Å². The van der Waals surface area contributed by atoms with E-state index in [1.165, 1.54) is 16.8 Å². The number of rotatable bonds is 4. The molecule has 0 unspecified atom stereocenters. The number of hydrogen-bond donors (Lipinski definition) is 2. The fourth-order valence-corrected chi connectivity index (χ4v) is 11.9. The van der Waals surface area contributed by atoms with Gasteiger partial charge < -0.3 is 20.1 Å². The van der Waals surface area contributed by atoms with Crippen molar-refractivity contribution >= 4 is 45.1 Å². The average Bonchev–Trinajstić information content (AvgIpc) is 3.05. The van der Waals surface area contributed by atoms with Crippen molar-refractivity contribution in [3.8, 4) is 0 Å². The molecule has 1 aromatic heterocycles. The van der Waals surface area contributed by atoms with Gasteiger partial charge in [0.1, 0.15) is 18.0 Å². The van der Waals surface area contributed by atoms with E-state index in [2.05, 4.69) is 4.98 Å². The standard InChI is InChI=1S/C12H18N3O4PS3/c1-2-7-10(19-20(21)22-5-6-23-20)9(16)11(18-7)15-4-3-8(13)14-12(15)17/h3-4,7,9-11,16H,2,5-6H2,1H3,(H2,13,14,17)/t7-,9-,10-,11-/m1/s1. The van der Waals surface area contributed by atoms with E-state index in [1.54, 1.807) is 22.8 Å². The molecule has 0 saturated carbocycles. The second-order valence-electron chi connectivity index (χ2n) is 5.19. The molecule has 128 valence electrons. The smallest absolute Gasteiger partial charge is 0.351 e. The van der Waals surface area contributed by atoms with Gasteiger partial charge in [0.25, 0.3) is 0 Å². The number of nitrogens with zero attached hydrogens (tertiary/aromatic N) is 2. The van der Waals surface area contributed by atoms with Crippen LogP contribution in [0.25, 0.3) is 0 Å². The predicted molar refractivity (Wildman–Crippen MR) is 97.2 cm³/mol. The highest BCUT2D eigenvalue weighted by atomic mass is 33.2. The second-order valence-corrected chi connectivity index (χ2v) is 15.9. The first-order valence-electron chi connectivity index (χ1n) is 7.19. The van der Waals surface area contributed by atoms with Crippen molar-refractivity contribution in [3.05, 3.63) is 22.7 Å². The van der Waals surface area contributed by atoms with Gasteiger partial charge in [0, 0.05) is 17.7 Å². The molecule has 7 nitrogen and oxygen atoms in total. The van der Waals surface area contributed by atoms with Crippen LogP contribution < -0.4 is 11.4 Å². The third-order valence-corrected chi connectivity index (χ3v) is 13.4. The summed E-state index contributed by atoms with van der Waals surface area (Å²) in [6.07, 6.45) is -0.556. The van der Waals surface area contributed by atoms with Gasteiger partial charge in [-0.3, -0.25) is 4.57 Å². The van der Waals surface area contributed by atoms with Gasteiger partial charge in [-0.25, -0.2) is 4.79 Å². The molecule has 3 rings (SSSR count). The van der Waals surface area contributed by atoms with Crippen LogP contribution in [-0.4, -0.2) is 44.5 Å². The highest BCUT2D eigenvalue weighted by molar-refractivity contribution is 9.00. The Bertz CT molecular complexity index is 678. The lowest BCUT2D eigenvalue weighted by Gasteiger charge is -2.25. The highest BCUT2D eigenvalue weighted by Gasteiger charge is 2.47. The number of nitrogens with two attached hydrogens (primary N) is 1. The molecule has 3 heterocycles. The number of hydrogen-bond acceptors (Lipinski definition) is 9. The Kier molecular flexibility index (Phi) is 5.42. The summed E-state index contributed by atoms with van der Waals surface area (Å²) >= 11 is 8.91. The Morgan fingerprint density at radius 3 is 2.91 bits per heavy atom. The van der Waals surface area contributed by atoms with Crippen molar-refractivity contribution in [3.63, 3.8) is 0 Å².